The summed E-state index contributed by atoms with van der Waals surface area (Å²) in [7, 11) is 0. The van der Waals surface area contributed by atoms with Crippen LogP contribution in [0.15, 0.2) is 36.5 Å². The van der Waals surface area contributed by atoms with Gasteiger partial charge in [-0.15, -0.1) is 0 Å². The van der Waals surface area contributed by atoms with Crippen LogP contribution in [0, 0.1) is 21.4 Å². The zero-order chi connectivity index (χ0) is 20.4. The molecule has 0 radical (unpaired) electrons. The topological polar surface area (TPSA) is 115 Å². The van der Waals surface area contributed by atoms with Gasteiger partial charge in [0.05, 0.1) is 10.5 Å². The largest absolute Gasteiger partial charge is 0.362 e. The van der Waals surface area contributed by atoms with E-state index >= 15 is 0 Å². The summed E-state index contributed by atoms with van der Waals surface area (Å²) in [6.07, 6.45) is 3.57. The summed E-state index contributed by atoms with van der Waals surface area (Å²) < 4.78 is 0. The molecule has 0 spiro atoms. The van der Waals surface area contributed by atoms with Crippen LogP contribution < -0.4 is 15.1 Å². The van der Waals surface area contributed by atoms with Gasteiger partial charge >= 0.3 is 0 Å². The molecule has 0 atom stereocenters. The van der Waals surface area contributed by atoms with Crippen LogP contribution >= 0.6 is 0 Å². The van der Waals surface area contributed by atoms with Crippen molar-refractivity contribution >= 4 is 23.1 Å². The van der Waals surface area contributed by atoms with E-state index in [0.717, 1.165) is 12.8 Å². The second-order valence-corrected chi connectivity index (χ2v) is 7.17. The first kappa shape index (κ1) is 18.7. The maximum absolute atomic E-state index is 12.2. The van der Waals surface area contributed by atoms with Gasteiger partial charge in [0.25, 0.3) is 11.6 Å². The Kier molecular flexibility index (Phi) is 4.99. The zero-order valence-electron chi connectivity index (χ0n) is 15.7. The molecule has 1 N–H and O–H groups in total. The monoisotopic (exact) mass is 392 g/mol. The highest BCUT2D eigenvalue weighted by atomic mass is 16.6. The molecule has 0 unspecified atom stereocenters. The number of aromatic nitrogens is 1. The molecule has 1 amide bonds. The minimum Gasteiger partial charge on any atom is -0.362 e. The number of amides is 1. The van der Waals surface area contributed by atoms with E-state index in [0.29, 0.717) is 48.8 Å². The van der Waals surface area contributed by atoms with E-state index in [2.05, 4.69) is 16.4 Å². The van der Waals surface area contributed by atoms with Crippen LogP contribution in [-0.2, 0) is 0 Å². The molecule has 1 aliphatic heterocycles. The third kappa shape index (κ3) is 3.96. The molecule has 9 nitrogen and oxygen atoms in total. The molecule has 2 aliphatic rings. The second-order valence-electron chi connectivity index (χ2n) is 7.17. The van der Waals surface area contributed by atoms with Crippen molar-refractivity contribution in [2.75, 3.05) is 36.0 Å². The Labute approximate surface area is 167 Å². The molecule has 4 rings (SSSR count). The van der Waals surface area contributed by atoms with Gasteiger partial charge in [-0.3, -0.25) is 14.9 Å². The molecular formula is C20H20N6O3. The standard InChI is InChI=1S/C20H20N6O3/c21-13-15-2-1-7-22-19(15)25-10-8-24(9-11-25)17-6-3-14(12-18(17)26(28)29)20(27)23-16-4-5-16/h1-3,6-7,12,16H,4-5,8-11H2,(H,23,27). The van der Waals surface area contributed by atoms with Crippen molar-refractivity contribution in [3.8, 4) is 6.07 Å². The van der Waals surface area contributed by atoms with Gasteiger partial charge in [0, 0.05) is 50.0 Å². The fourth-order valence-corrected chi connectivity index (χ4v) is 3.47. The number of rotatable bonds is 5. The predicted octanol–water partition coefficient (Wildman–Crippen LogP) is 2.08. The maximum atomic E-state index is 12.2. The van der Waals surface area contributed by atoms with Gasteiger partial charge in [0.2, 0.25) is 0 Å². The molecular weight excluding hydrogens is 372 g/mol. The molecule has 2 aromatic rings. The first-order chi connectivity index (χ1) is 14.1. The lowest BCUT2D eigenvalue weighted by Gasteiger charge is -2.36. The number of nitriles is 1. The molecule has 2 fully saturated rings. The zero-order valence-corrected chi connectivity index (χ0v) is 15.7. The number of nitro benzene ring substituents is 1. The maximum Gasteiger partial charge on any atom is 0.293 e. The highest BCUT2D eigenvalue weighted by molar-refractivity contribution is 5.96. The smallest absolute Gasteiger partial charge is 0.293 e. The summed E-state index contributed by atoms with van der Waals surface area (Å²) in [6.45, 7) is 2.28. The number of hydrogen-bond donors (Lipinski definition) is 1. The van der Waals surface area contributed by atoms with Crippen LogP contribution in [0.25, 0.3) is 0 Å². The number of pyridine rings is 1. The van der Waals surface area contributed by atoms with Crippen LogP contribution in [0.1, 0.15) is 28.8 Å². The minimum absolute atomic E-state index is 0.0718. The second kappa shape index (κ2) is 7.75. The Morgan fingerprint density at radius 1 is 1.21 bits per heavy atom. The van der Waals surface area contributed by atoms with Gasteiger partial charge < -0.3 is 15.1 Å². The number of nitrogens with one attached hydrogen (secondary N) is 1. The van der Waals surface area contributed by atoms with Gasteiger partial charge in [0.1, 0.15) is 17.6 Å². The van der Waals surface area contributed by atoms with Gasteiger partial charge in [-0.25, -0.2) is 4.98 Å². The first-order valence-electron chi connectivity index (χ1n) is 9.51. The van der Waals surface area contributed by atoms with Crippen LogP contribution in [0.2, 0.25) is 0 Å². The minimum atomic E-state index is -0.442. The average Bonchev–Trinajstić information content (AvgIpc) is 3.57. The molecule has 1 saturated heterocycles. The van der Waals surface area contributed by atoms with Crippen molar-refractivity contribution < 1.29 is 9.72 Å². The molecule has 1 aromatic heterocycles. The number of anilines is 2. The Bertz CT molecular complexity index is 990. The summed E-state index contributed by atoms with van der Waals surface area (Å²) in [5, 5.41) is 23.8. The van der Waals surface area contributed by atoms with Crippen molar-refractivity contribution in [3.05, 3.63) is 57.8 Å². The molecule has 1 saturated carbocycles. The van der Waals surface area contributed by atoms with Gasteiger partial charge in [-0.05, 0) is 37.1 Å². The molecule has 29 heavy (non-hydrogen) atoms. The summed E-state index contributed by atoms with van der Waals surface area (Å²) in [5.41, 5.74) is 1.24. The SMILES string of the molecule is N#Cc1cccnc1N1CCN(c2ccc(C(=O)NC3CC3)cc2[N+](=O)[O-])CC1. The molecule has 1 aliphatic carbocycles. The first-order valence-corrected chi connectivity index (χ1v) is 9.51. The number of piperazine rings is 1. The Hall–Kier alpha value is -3.67. The van der Waals surface area contributed by atoms with Gasteiger partial charge in [0.15, 0.2) is 0 Å². The van der Waals surface area contributed by atoms with E-state index in [1.807, 2.05) is 9.80 Å². The molecule has 148 valence electrons. The third-order valence-corrected chi connectivity index (χ3v) is 5.17. The molecule has 0 bridgehead atoms. The number of hydrogen-bond acceptors (Lipinski definition) is 7. The highest BCUT2D eigenvalue weighted by Gasteiger charge is 2.28. The number of benzene rings is 1. The molecule has 2 heterocycles. The van der Waals surface area contributed by atoms with Crippen LogP contribution in [0.4, 0.5) is 17.2 Å². The number of nitrogens with zero attached hydrogens (tertiary/aromatic N) is 5. The lowest BCUT2D eigenvalue weighted by Crippen LogP contribution is -2.47. The van der Waals surface area contributed by atoms with Gasteiger partial charge in [-0.2, -0.15) is 5.26 Å². The number of nitro groups is 1. The summed E-state index contributed by atoms with van der Waals surface area (Å²) in [4.78, 5) is 31.7. The Morgan fingerprint density at radius 2 is 1.93 bits per heavy atom. The van der Waals surface area contributed by atoms with E-state index in [4.69, 9.17) is 0 Å². The Morgan fingerprint density at radius 3 is 2.59 bits per heavy atom. The van der Waals surface area contributed by atoms with Gasteiger partial charge in [-0.1, -0.05) is 0 Å². The van der Waals surface area contributed by atoms with Crippen LogP contribution in [-0.4, -0.2) is 48.0 Å². The number of carbonyl (C=O) groups excluding carboxylic acids is 1. The van der Waals surface area contributed by atoms with Crippen molar-refractivity contribution in [2.45, 2.75) is 18.9 Å². The van der Waals surface area contributed by atoms with E-state index in [1.54, 1.807) is 30.5 Å². The van der Waals surface area contributed by atoms with Crippen LogP contribution in [0.3, 0.4) is 0 Å². The highest BCUT2D eigenvalue weighted by Crippen LogP contribution is 2.31. The van der Waals surface area contributed by atoms with E-state index in [-0.39, 0.29) is 17.6 Å². The average molecular weight is 392 g/mol. The van der Waals surface area contributed by atoms with E-state index < -0.39 is 4.92 Å². The lowest BCUT2D eigenvalue weighted by molar-refractivity contribution is -0.384. The van der Waals surface area contributed by atoms with Crippen molar-refractivity contribution in [2.24, 2.45) is 0 Å². The van der Waals surface area contributed by atoms with E-state index in [1.165, 1.54) is 6.07 Å². The van der Waals surface area contributed by atoms with Crippen molar-refractivity contribution in [1.82, 2.24) is 10.3 Å². The quantitative estimate of drug-likeness (QED) is 0.612. The van der Waals surface area contributed by atoms with Crippen LogP contribution in [0.5, 0.6) is 0 Å². The Balaban J connectivity index is 1.51. The third-order valence-electron chi connectivity index (χ3n) is 5.17. The predicted molar refractivity (Wildman–Crippen MR) is 107 cm³/mol. The number of carbonyl (C=O) groups is 1. The summed E-state index contributed by atoms with van der Waals surface area (Å²) in [6, 6.07) is 10.4. The normalized spacial score (nSPS) is 16.2. The summed E-state index contributed by atoms with van der Waals surface area (Å²) in [5.74, 6) is 0.363. The summed E-state index contributed by atoms with van der Waals surface area (Å²) >= 11 is 0. The fourth-order valence-electron chi connectivity index (χ4n) is 3.47. The molecule has 1 aromatic carbocycles. The van der Waals surface area contributed by atoms with Crippen molar-refractivity contribution in [1.29, 1.82) is 5.26 Å². The van der Waals surface area contributed by atoms with E-state index in [9.17, 15) is 20.2 Å². The fraction of sp³-hybridized carbons (Fsp3) is 0.350. The molecule has 9 heteroatoms. The van der Waals surface area contributed by atoms with Crippen molar-refractivity contribution in [3.63, 3.8) is 0 Å². The lowest BCUT2D eigenvalue weighted by atomic mass is 10.1.